The van der Waals surface area contributed by atoms with E-state index in [-0.39, 0.29) is 5.91 Å². The van der Waals surface area contributed by atoms with Crippen molar-refractivity contribution in [1.82, 2.24) is 10.3 Å². The molecule has 4 nitrogen and oxygen atoms in total. The van der Waals surface area contributed by atoms with Gasteiger partial charge in [0.15, 0.2) is 0 Å². The summed E-state index contributed by atoms with van der Waals surface area (Å²) in [7, 11) is 0. The van der Waals surface area contributed by atoms with E-state index in [2.05, 4.69) is 10.3 Å². The molecule has 0 aliphatic rings. The number of hydrogen-bond donors (Lipinski definition) is 1. The lowest BCUT2D eigenvalue weighted by Crippen LogP contribution is -2.24. The van der Waals surface area contributed by atoms with Crippen LogP contribution in [0.25, 0.3) is 0 Å². The molecule has 14 heavy (non-hydrogen) atoms. The topological polar surface area (TPSA) is 65.8 Å². The molecular weight excluding hydrogens is 178 g/mol. The Morgan fingerprint density at radius 1 is 1.64 bits per heavy atom. The Morgan fingerprint density at radius 3 is 2.93 bits per heavy atom. The van der Waals surface area contributed by atoms with Crippen molar-refractivity contribution in [2.45, 2.75) is 13.3 Å². The van der Waals surface area contributed by atoms with E-state index in [4.69, 9.17) is 5.26 Å². The highest BCUT2D eigenvalue weighted by Gasteiger charge is 2.04. The van der Waals surface area contributed by atoms with Crippen LogP contribution in [0.1, 0.15) is 29.4 Å². The van der Waals surface area contributed by atoms with E-state index in [1.807, 2.05) is 13.0 Å². The summed E-state index contributed by atoms with van der Waals surface area (Å²) >= 11 is 0. The summed E-state index contributed by atoms with van der Waals surface area (Å²) in [6, 6.07) is 5.02. The van der Waals surface area contributed by atoms with Gasteiger partial charge in [0.25, 0.3) is 5.91 Å². The Labute approximate surface area is 82.6 Å². The molecule has 1 heterocycles. The number of carbonyl (C=O) groups excluding carboxylic acids is 1. The number of hydrogen-bond acceptors (Lipinski definition) is 3. The SMILES string of the molecule is CCCNC(=O)c1ccc(C#N)nc1. The molecule has 0 unspecified atom stereocenters. The molecule has 0 radical (unpaired) electrons. The Kier molecular flexibility index (Phi) is 3.62. The molecule has 1 N–H and O–H groups in total. The third-order valence-corrected chi connectivity index (χ3v) is 1.68. The van der Waals surface area contributed by atoms with Crippen LogP contribution in [0.4, 0.5) is 0 Å². The molecule has 0 atom stereocenters. The van der Waals surface area contributed by atoms with Gasteiger partial charge in [-0.15, -0.1) is 0 Å². The molecule has 0 fully saturated rings. The van der Waals surface area contributed by atoms with Crippen LogP contribution < -0.4 is 5.32 Å². The number of amides is 1. The Balaban J connectivity index is 2.68. The molecule has 0 aromatic carbocycles. The largest absolute Gasteiger partial charge is 0.352 e. The first kappa shape index (κ1) is 10.2. The standard InChI is InChI=1S/C10H11N3O/c1-2-5-12-10(14)8-3-4-9(6-11)13-7-8/h3-4,7H,2,5H2,1H3,(H,12,14). The lowest BCUT2D eigenvalue weighted by Gasteiger charge is -2.01. The fourth-order valence-corrected chi connectivity index (χ4v) is 0.935. The summed E-state index contributed by atoms with van der Waals surface area (Å²) in [6.07, 6.45) is 2.30. The molecule has 0 spiro atoms. The zero-order chi connectivity index (χ0) is 10.4. The minimum atomic E-state index is -0.149. The number of rotatable bonds is 3. The normalized spacial score (nSPS) is 9.14. The maximum Gasteiger partial charge on any atom is 0.252 e. The Morgan fingerprint density at radius 2 is 2.43 bits per heavy atom. The van der Waals surface area contributed by atoms with Crippen molar-refractivity contribution in [1.29, 1.82) is 5.26 Å². The average Bonchev–Trinajstić information content (AvgIpc) is 2.26. The van der Waals surface area contributed by atoms with Crippen molar-refractivity contribution in [3.8, 4) is 6.07 Å². The highest BCUT2D eigenvalue weighted by atomic mass is 16.1. The van der Waals surface area contributed by atoms with Gasteiger partial charge in [0.05, 0.1) is 5.56 Å². The van der Waals surface area contributed by atoms with Crippen LogP contribution in [-0.4, -0.2) is 17.4 Å². The van der Waals surface area contributed by atoms with E-state index in [1.165, 1.54) is 12.3 Å². The first-order chi connectivity index (χ1) is 6.77. The van der Waals surface area contributed by atoms with Gasteiger partial charge in [-0.05, 0) is 18.6 Å². The number of carbonyl (C=O) groups is 1. The van der Waals surface area contributed by atoms with Crippen molar-refractivity contribution in [3.05, 3.63) is 29.6 Å². The molecule has 0 saturated heterocycles. The zero-order valence-corrected chi connectivity index (χ0v) is 7.95. The Hall–Kier alpha value is -1.89. The number of pyridine rings is 1. The van der Waals surface area contributed by atoms with Gasteiger partial charge in [-0.1, -0.05) is 6.92 Å². The molecular formula is C10H11N3O. The van der Waals surface area contributed by atoms with Crippen LogP contribution in [-0.2, 0) is 0 Å². The van der Waals surface area contributed by atoms with Crippen LogP contribution >= 0.6 is 0 Å². The number of nitrogens with one attached hydrogen (secondary N) is 1. The fraction of sp³-hybridized carbons (Fsp3) is 0.300. The van der Waals surface area contributed by atoms with Gasteiger partial charge in [-0.25, -0.2) is 4.98 Å². The van der Waals surface area contributed by atoms with Crippen molar-refractivity contribution in [2.75, 3.05) is 6.54 Å². The molecule has 1 aromatic rings. The summed E-state index contributed by atoms with van der Waals surface area (Å²) < 4.78 is 0. The minimum absolute atomic E-state index is 0.149. The van der Waals surface area contributed by atoms with Crippen LogP contribution in [0.5, 0.6) is 0 Å². The number of nitrogens with zero attached hydrogens (tertiary/aromatic N) is 2. The van der Waals surface area contributed by atoms with E-state index in [9.17, 15) is 4.79 Å². The van der Waals surface area contributed by atoms with Crippen LogP contribution in [0, 0.1) is 11.3 Å². The second-order valence-electron chi connectivity index (χ2n) is 2.80. The monoisotopic (exact) mass is 189 g/mol. The first-order valence-electron chi connectivity index (χ1n) is 4.42. The van der Waals surface area contributed by atoms with E-state index in [0.29, 0.717) is 17.8 Å². The second kappa shape index (κ2) is 4.97. The number of aromatic nitrogens is 1. The lowest BCUT2D eigenvalue weighted by molar-refractivity contribution is 0.0953. The highest BCUT2D eigenvalue weighted by Crippen LogP contribution is 1.98. The smallest absolute Gasteiger partial charge is 0.252 e. The summed E-state index contributed by atoms with van der Waals surface area (Å²) in [5.41, 5.74) is 0.800. The van der Waals surface area contributed by atoms with Gasteiger partial charge in [0.2, 0.25) is 0 Å². The summed E-state index contributed by atoms with van der Waals surface area (Å²) in [5, 5.41) is 11.2. The molecule has 72 valence electrons. The predicted octanol–water partition coefficient (Wildman–Crippen LogP) is 1.09. The molecule has 0 aliphatic carbocycles. The van der Waals surface area contributed by atoms with Gasteiger partial charge in [0, 0.05) is 12.7 Å². The predicted molar refractivity (Wildman–Crippen MR) is 51.6 cm³/mol. The fourth-order valence-electron chi connectivity index (χ4n) is 0.935. The summed E-state index contributed by atoms with van der Waals surface area (Å²) in [6.45, 7) is 2.64. The van der Waals surface area contributed by atoms with Crippen molar-refractivity contribution >= 4 is 5.91 Å². The van der Waals surface area contributed by atoms with Crippen molar-refractivity contribution < 1.29 is 4.79 Å². The van der Waals surface area contributed by atoms with Crippen LogP contribution in [0.2, 0.25) is 0 Å². The quantitative estimate of drug-likeness (QED) is 0.774. The van der Waals surface area contributed by atoms with Crippen LogP contribution in [0.15, 0.2) is 18.3 Å². The molecule has 0 bridgehead atoms. The second-order valence-corrected chi connectivity index (χ2v) is 2.80. The van der Waals surface area contributed by atoms with E-state index in [0.717, 1.165) is 6.42 Å². The van der Waals surface area contributed by atoms with E-state index >= 15 is 0 Å². The van der Waals surface area contributed by atoms with Crippen LogP contribution in [0.3, 0.4) is 0 Å². The maximum atomic E-state index is 11.4. The van der Waals surface area contributed by atoms with Crippen molar-refractivity contribution in [3.63, 3.8) is 0 Å². The molecule has 0 saturated carbocycles. The Bertz CT molecular complexity index is 351. The molecule has 4 heteroatoms. The van der Waals surface area contributed by atoms with Gasteiger partial charge in [-0.3, -0.25) is 4.79 Å². The highest BCUT2D eigenvalue weighted by molar-refractivity contribution is 5.93. The van der Waals surface area contributed by atoms with Gasteiger partial charge >= 0.3 is 0 Å². The van der Waals surface area contributed by atoms with E-state index in [1.54, 1.807) is 6.07 Å². The number of nitriles is 1. The first-order valence-corrected chi connectivity index (χ1v) is 4.42. The van der Waals surface area contributed by atoms with Gasteiger partial charge in [-0.2, -0.15) is 5.26 Å². The molecule has 1 aromatic heterocycles. The zero-order valence-electron chi connectivity index (χ0n) is 7.95. The van der Waals surface area contributed by atoms with Crippen molar-refractivity contribution in [2.24, 2.45) is 0 Å². The summed E-state index contributed by atoms with van der Waals surface area (Å²) in [5.74, 6) is -0.149. The summed E-state index contributed by atoms with van der Waals surface area (Å²) in [4.78, 5) is 15.2. The molecule has 0 aliphatic heterocycles. The van der Waals surface area contributed by atoms with Gasteiger partial charge in [0.1, 0.15) is 11.8 Å². The average molecular weight is 189 g/mol. The van der Waals surface area contributed by atoms with Gasteiger partial charge < -0.3 is 5.32 Å². The maximum absolute atomic E-state index is 11.4. The lowest BCUT2D eigenvalue weighted by atomic mass is 10.2. The third kappa shape index (κ3) is 2.56. The molecule has 1 amide bonds. The minimum Gasteiger partial charge on any atom is -0.352 e. The molecule has 1 rings (SSSR count). The van der Waals surface area contributed by atoms with E-state index < -0.39 is 0 Å². The third-order valence-electron chi connectivity index (χ3n) is 1.68.